The van der Waals surface area contributed by atoms with Crippen molar-refractivity contribution in [2.75, 3.05) is 33.3 Å². The fraction of sp³-hybridized carbons (Fsp3) is 0.600. The van der Waals surface area contributed by atoms with Crippen molar-refractivity contribution in [1.29, 1.82) is 0 Å². The predicted molar refractivity (Wildman–Crippen MR) is 87.4 cm³/mol. The van der Waals surface area contributed by atoms with Crippen LogP contribution < -0.4 is 10.1 Å². The Hall–Kier alpha value is -0.550. The maximum absolute atomic E-state index is 14.3. The molecule has 0 aromatic heterocycles. The average molecular weight is 337 g/mol. The molecular weight excluding hydrogens is 314 g/mol. The number of piperazine rings is 1. The fourth-order valence-electron chi connectivity index (χ4n) is 3.07. The van der Waals surface area contributed by atoms with Crippen LogP contribution in [-0.2, 0) is 0 Å². The first-order chi connectivity index (χ1) is 9.31. The zero-order valence-electron chi connectivity index (χ0n) is 12.2. The topological polar surface area (TPSA) is 24.5 Å². The lowest BCUT2D eigenvalue weighted by Crippen LogP contribution is -2.46. The maximum atomic E-state index is 14.3. The van der Waals surface area contributed by atoms with Gasteiger partial charge in [0.1, 0.15) is 11.6 Å². The van der Waals surface area contributed by atoms with Gasteiger partial charge in [0.05, 0.1) is 7.11 Å². The first-order valence-electron chi connectivity index (χ1n) is 7.08. The van der Waals surface area contributed by atoms with Gasteiger partial charge in [-0.15, -0.1) is 24.8 Å². The molecule has 120 valence electrons. The van der Waals surface area contributed by atoms with Gasteiger partial charge in [0.2, 0.25) is 0 Å². The Kier molecular flexibility index (Phi) is 7.21. The van der Waals surface area contributed by atoms with Crippen LogP contribution in [0.4, 0.5) is 4.39 Å². The third-order valence-electron chi connectivity index (χ3n) is 4.14. The van der Waals surface area contributed by atoms with Gasteiger partial charge in [-0.3, -0.25) is 4.90 Å². The molecule has 1 saturated heterocycles. The first kappa shape index (κ1) is 18.5. The summed E-state index contributed by atoms with van der Waals surface area (Å²) in [6, 6.07) is 5.32. The molecule has 6 heteroatoms. The summed E-state index contributed by atoms with van der Waals surface area (Å²) in [6.07, 6.45) is 2.40. The highest BCUT2D eigenvalue weighted by Crippen LogP contribution is 2.47. The number of halogens is 3. The van der Waals surface area contributed by atoms with Crippen LogP contribution in [0.25, 0.3) is 0 Å². The Morgan fingerprint density at radius 2 is 1.90 bits per heavy atom. The highest BCUT2D eigenvalue weighted by molar-refractivity contribution is 5.85. The third kappa shape index (κ3) is 4.01. The molecule has 0 amide bonds. The second-order valence-corrected chi connectivity index (χ2v) is 5.42. The maximum Gasteiger partial charge on any atom is 0.131 e. The van der Waals surface area contributed by atoms with Crippen molar-refractivity contribution in [3.8, 4) is 5.75 Å². The van der Waals surface area contributed by atoms with E-state index in [0.29, 0.717) is 11.7 Å². The highest BCUT2D eigenvalue weighted by Gasteiger charge is 2.39. The summed E-state index contributed by atoms with van der Waals surface area (Å²) in [7, 11) is 1.62. The smallest absolute Gasteiger partial charge is 0.131 e. The van der Waals surface area contributed by atoms with Crippen molar-refractivity contribution in [3.05, 3.63) is 29.6 Å². The largest absolute Gasteiger partial charge is 0.496 e. The second-order valence-electron chi connectivity index (χ2n) is 5.42. The van der Waals surface area contributed by atoms with E-state index in [0.717, 1.165) is 31.7 Å². The van der Waals surface area contributed by atoms with Gasteiger partial charge in [0.15, 0.2) is 0 Å². The Balaban J connectivity index is 0.00000110. The zero-order chi connectivity index (χ0) is 13.2. The summed E-state index contributed by atoms with van der Waals surface area (Å²) in [4.78, 5) is 2.41. The minimum absolute atomic E-state index is 0. The quantitative estimate of drug-likeness (QED) is 0.914. The average Bonchev–Trinajstić information content (AvgIpc) is 3.27. The molecule has 1 N–H and O–H groups in total. The molecule has 2 fully saturated rings. The molecule has 0 spiro atoms. The molecule has 1 aromatic rings. The Morgan fingerprint density at radius 3 is 2.48 bits per heavy atom. The molecule has 0 unspecified atom stereocenters. The molecule has 3 rings (SSSR count). The van der Waals surface area contributed by atoms with Gasteiger partial charge in [-0.25, -0.2) is 4.39 Å². The Morgan fingerprint density at radius 1 is 1.24 bits per heavy atom. The summed E-state index contributed by atoms with van der Waals surface area (Å²) in [5, 5.41) is 3.36. The molecule has 0 radical (unpaired) electrons. The van der Waals surface area contributed by atoms with E-state index >= 15 is 0 Å². The minimum atomic E-state index is -0.130. The molecule has 21 heavy (non-hydrogen) atoms. The van der Waals surface area contributed by atoms with Crippen LogP contribution in [0.3, 0.4) is 0 Å². The molecule has 1 aliphatic heterocycles. The van der Waals surface area contributed by atoms with E-state index in [-0.39, 0.29) is 36.7 Å². The van der Waals surface area contributed by atoms with Gasteiger partial charge in [-0.1, -0.05) is 6.07 Å². The van der Waals surface area contributed by atoms with Crippen molar-refractivity contribution in [2.24, 2.45) is 5.92 Å². The van der Waals surface area contributed by atoms with Crippen LogP contribution >= 0.6 is 24.8 Å². The summed E-state index contributed by atoms with van der Waals surface area (Å²) < 4.78 is 19.7. The van der Waals surface area contributed by atoms with E-state index in [1.807, 2.05) is 6.07 Å². The van der Waals surface area contributed by atoms with Gasteiger partial charge in [0.25, 0.3) is 0 Å². The molecular formula is C15H23Cl2FN2O. The van der Waals surface area contributed by atoms with Gasteiger partial charge in [-0.05, 0) is 30.9 Å². The van der Waals surface area contributed by atoms with Crippen LogP contribution in [0.2, 0.25) is 0 Å². The number of nitrogens with one attached hydrogen (secondary N) is 1. The van der Waals surface area contributed by atoms with Crippen LogP contribution in [0.1, 0.15) is 24.4 Å². The summed E-state index contributed by atoms with van der Waals surface area (Å²) in [5.74, 6) is 1.15. The Labute approximate surface area is 138 Å². The first-order valence-corrected chi connectivity index (χ1v) is 7.08. The van der Waals surface area contributed by atoms with Crippen molar-refractivity contribution in [3.63, 3.8) is 0 Å². The monoisotopic (exact) mass is 336 g/mol. The Bertz CT molecular complexity index is 451. The SMILES string of the molecule is COc1cccc(F)c1[C@@H](C1CC1)N1CCNCC1.Cl.Cl. The molecule has 0 bridgehead atoms. The van der Waals surface area contributed by atoms with Crippen molar-refractivity contribution < 1.29 is 9.13 Å². The van der Waals surface area contributed by atoms with Gasteiger partial charge >= 0.3 is 0 Å². The lowest BCUT2D eigenvalue weighted by atomic mass is 9.98. The highest BCUT2D eigenvalue weighted by atomic mass is 35.5. The van der Waals surface area contributed by atoms with Crippen LogP contribution in [0.15, 0.2) is 18.2 Å². The van der Waals surface area contributed by atoms with E-state index in [2.05, 4.69) is 10.2 Å². The number of methoxy groups -OCH3 is 1. The fourth-order valence-corrected chi connectivity index (χ4v) is 3.07. The van der Waals surface area contributed by atoms with Crippen molar-refractivity contribution in [2.45, 2.75) is 18.9 Å². The van der Waals surface area contributed by atoms with Gasteiger partial charge < -0.3 is 10.1 Å². The predicted octanol–water partition coefficient (Wildman–Crippen LogP) is 3.03. The molecule has 2 aliphatic rings. The van der Waals surface area contributed by atoms with E-state index in [1.165, 1.54) is 12.8 Å². The van der Waals surface area contributed by atoms with E-state index in [1.54, 1.807) is 19.2 Å². The van der Waals surface area contributed by atoms with Crippen LogP contribution in [0.5, 0.6) is 5.75 Å². The number of nitrogens with zero attached hydrogens (tertiary/aromatic N) is 1. The molecule has 3 nitrogen and oxygen atoms in total. The lowest BCUT2D eigenvalue weighted by molar-refractivity contribution is 0.150. The van der Waals surface area contributed by atoms with E-state index < -0.39 is 0 Å². The molecule has 1 saturated carbocycles. The third-order valence-corrected chi connectivity index (χ3v) is 4.14. The lowest BCUT2D eigenvalue weighted by Gasteiger charge is -2.36. The van der Waals surface area contributed by atoms with Gasteiger partial charge in [-0.2, -0.15) is 0 Å². The van der Waals surface area contributed by atoms with Crippen molar-refractivity contribution in [1.82, 2.24) is 10.2 Å². The normalized spacial score (nSPS) is 20.1. The number of hydrogen-bond acceptors (Lipinski definition) is 3. The van der Waals surface area contributed by atoms with Crippen LogP contribution in [-0.4, -0.2) is 38.2 Å². The minimum Gasteiger partial charge on any atom is -0.496 e. The van der Waals surface area contributed by atoms with Crippen LogP contribution in [0, 0.1) is 11.7 Å². The number of rotatable bonds is 4. The summed E-state index contributed by atoms with van der Waals surface area (Å²) >= 11 is 0. The van der Waals surface area contributed by atoms with Gasteiger partial charge in [0, 0.05) is 37.8 Å². The molecule has 1 heterocycles. The zero-order valence-corrected chi connectivity index (χ0v) is 13.8. The standard InChI is InChI=1S/C15H21FN2O.2ClH/c1-19-13-4-2-3-12(16)14(13)15(11-5-6-11)18-9-7-17-8-10-18;;/h2-4,11,15,17H,5-10H2,1H3;2*1H/t15-;;/m1../s1. The van der Waals surface area contributed by atoms with Crippen molar-refractivity contribution >= 4 is 24.8 Å². The number of hydrogen-bond donors (Lipinski definition) is 1. The summed E-state index contributed by atoms with van der Waals surface area (Å²) in [6.45, 7) is 3.94. The molecule has 1 aliphatic carbocycles. The summed E-state index contributed by atoms with van der Waals surface area (Å²) in [5.41, 5.74) is 0.759. The molecule has 1 aromatic carbocycles. The van der Waals surface area contributed by atoms with E-state index in [9.17, 15) is 4.39 Å². The second kappa shape index (κ2) is 8.18. The number of ether oxygens (including phenoxy) is 1. The van der Waals surface area contributed by atoms with E-state index in [4.69, 9.17) is 4.74 Å². The number of benzene rings is 1. The molecule has 1 atom stereocenters.